The lowest BCUT2D eigenvalue weighted by atomic mass is 9.92. The van der Waals surface area contributed by atoms with Gasteiger partial charge in [0.15, 0.2) is 0 Å². The van der Waals surface area contributed by atoms with Crippen LogP contribution in [0.25, 0.3) is 11.6 Å². The van der Waals surface area contributed by atoms with Gasteiger partial charge in [0.05, 0.1) is 17.3 Å². The van der Waals surface area contributed by atoms with Crippen LogP contribution in [0.3, 0.4) is 0 Å². The van der Waals surface area contributed by atoms with E-state index in [2.05, 4.69) is 20.4 Å². The topological polar surface area (TPSA) is 83.8 Å². The maximum absolute atomic E-state index is 6.01. The number of hydrogen-bond donors (Lipinski definition) is 0. The van der Waals surface area contributed by atoms with Crippen molar-refractivity contribution in [3.05, 3.63) is 35.6 Å². The van der Waals surface area contributed by atoms with Crippen LogP contribution in [0.15, 0.2) is 22.7 Å². The van der Waals surface area contributed by atoms with Crippen LogP contribution in [0.5, 0.6) is 0 Å². The molecule has 1 aliphatic rings. The first-order valence-corrected chi connectivity index (χ1v) is 8.07. The monoisotopic (exact) mass is 328 g/mol. The van der Waals surface area contributed by atoms with Gasteiger partial charge >= 0.3 is 0 Å². The number of nitrogens with zero attached hydrogens (tertiary/aromatic N) is 6. The number of rotatable bonds is 3. The van der Waals surface area contributed by atoms with Gasteiger partial charge in [-0.25, -0.2) is 0 Å². The van der Waals surface area contributed by atoms with Crippen molar-refractivity contribution >= 4 is 0 Å². The second-order valence-electron chi connectivity index (χ2n) is 6.16. The van der Waals surface area contributed by atoms with E-state index in [4.69, 9.17) is 9.15 Å². The van der Waals surface area contributed by atoms with Crippen molar-refractivity contribution in [1.29, 1.82) is 0 Å². The number of hydrogen-bond acceptors (Lipinski definition) is 6. The van der Waals surface area contributed by atoms with Gasteiger partial charge < -0.3 is 9.15 Å². The van der Waals surface area contributed by atoms with Crippen LogP contribution in [0, 0.1) is 6.92 Å². The van der Waals surface area contributed by atoms with E-state index in [1.807, 2.05) is 37.8 Å². The lowest BCUT2D eigenvalue weighted by molar-refractivity contribution is -0.0135. The molecule has 4 heterocycles. The number of aromatic nitrogens is 6. The van der Waals surface area contributed by atoms with E-state index >= 15 is 0 Å². The average Bonchev–Trinajstić information content (AvgIpc) is 3.27. The summed E-state index contributed by atoms with van der Waals surface area (Å²) in [6, 6.07) is 3.91. The van der Waals surface area contributed by atoms with Crippen LogP contribution in [-0.4, -0.2) is 36.4 Å². The second kappa shape index (κ2) is 5.86. The normalized spacial score (nSPS) is 21.3. The zero-order chi connectivity index (χ0) is 16.7. The van der Waals surface area contributed by atoms with Gasteiger partial charge in [0.1, 0.15) is 11.8 Å². The van der Waals surface area contributed by atoms with Crippen molar-refractivity contribution in [2.75, 3.05) is 6.61 Å². The number of aryl methyl sites for hydroxylation is 3. The third kappa shape index (κ3) is 2.52. The summed E-state index contributed by atoms with van der Waals surface area (Å²) in [5.74, 6) is 1.13. The number of ether oxygens (including phenoxy) is 1. The molecule has 0 aliphatic carbocycles. The molecule has 0 radical (unpaired) electrons. The largest absolute Gasteiger partial charge is 0.419 e. The molecule has 126 valence electrons. The van der Waals surface area contributed by atoms with E-state index in [1.54, 1.807) is 10.9 Å². The molecule has 24 heavy (non-hydrogen) atoms. The maximum Gasteiger partial charge on any atom is 0.265 e. The van der Waals surface area contributed by atoms with Gasteiger partial charge in [-0.15, -0.1) is 10.2 Å². The van der Waals surface area contributed by atoms with Gasteiger partial charge in [0.25, 0.3) is 5.89 Å². The molecule has 1 saturated heterocycles. The molecule has 0 aromatic carbocycles. The molecule has 0 unspecified atom stereocenters. The van der Waals surface area contributed by atoms with Gasteiger partial charge in [-0.05, 0) is 31.9 Å². The highest BCUT2D eigenvalue weighted by molar-refractivity contribution is 5.47. The predicted molar refractivity (Wildman–Crippen MR) is 85.1 cm³/mol. The van der Waals surface area contributed by atoms with Crippen LogP contribution in [-0.2, 0) is 18.8 Å². The van der Waals surface area contributed by atoms with Crippen molar-refractivity contribution in [2.45, 2.75) is 31.8 Å². The minimum atomic E-state index is -0.118. The van der Waals surface area contributed by atoms with Crippen molar-refractivity contribution < 1.29 is 9.15 Å². The summed E-state index contributed by atoms with van der Waals surface area (Å²) in [5, 5.41) is 17.1. The molecule has 3 aromatic rings. The summed E-state index contributed by atoms with van der Waals surface area (Å²) in [6.07, 6.45) is 3.58. The summed E-state index contributed by atoms with van der Waals surface area (Å²) in [6.45, 7) is 2.67. The van der Waals surface area contributed by atoms with Crippen molar-refractivity contribution in [2.24, 2.45) is 14.1 Å². The Bertz CT molecular complexity index is 849. The van der Waals surface area contributed by atoms with E-state index in [0.717, 1.165) is 36.5 Å². The Morgan fingerprint density at radius 2 is 2.08 bits per heavy atom. The van der Waals surface area contributed by atoms with E-state index < -0.39 is 0 Å². The third-order valence-corrected chi connectivity index (χ3v) is 4.45. The first kappa shape index (κ1) is 15.1. The van der Waals surface area contributed by atoms with E-state index in [9.17, 15) is 0 Å². The molecule has 0 bridgehead atoms. The molecule has 1 aliphatic heterocycles. The van der Waals surface area contributed by atoms with Crippen molar-refractivity contribution in [1.82, 2.24) is 29.8 Å². The first-order valence-electron chi connectivity index (χ1n) is 8.07. The summed E-state index contributed by atoms with van der Waals surface area (Å²) < 4.78 is 15.6. The Balaban J connectivity index is 1.67. The lowest BCUT2D eigenvalue weighted by Gasteiger charge is -2.29. The van der Waals surface area contributed by atoms with Crippen LogP contribution in [0.2, 0.25) is 0 Å². The highest BCUT2D eigenvalue weighted by atomic mass is 16.5. The van der Waals surface area contributed by atoms with Gasteiger partial charge in [-0.2, -0.15) is 10.2 Å². The smallest absolute Gasteiger partial charge is 0.265 e. The Hall–Kier alpha value is -2.48. The SMILES string of the molecule is Cc1cc(-c2nnc([C@@H]3CCCO[C@H]3c3ccnn3C)o2)n(C)n1. The molecule has 1 fully saturated rings. The quantitative estimate of drug-likeness (QED) is 0.732. The summed E-state index contributed by atoms with van der Waals surface area (Å²) >= 11 is 0. The second-order valence-corrected chi connectivity index (χ2v) is 6.16. The minimum Gasteiger partial charge on any atom is -0.419 e. The van der Waals surface area contributed by atoms with Crippen molar-refractivity contribution in [3.8, 4) is 11.6 Å². The summed E-state index contributed by atoms with van der Waals surface area (Å²) in [7, 11) is 3.79. The van der Waals surface area contributed by atoms with Crippen LogP contribution in [0.4, 0.5) is 0 Å². The molecule has 8 nitrogen and oxygen atoms in total. The molecular formula is C16H20N6O2. The predicted octanol–water partition coefficient (Wildman–Crippen LogP) is 2.15. The van der Waals surface area contributed by atoms with Gasteiger partial charge in [0.2, 0.25) is 5.89 Å². The van der Waals surface area contributed by atoms with E-state index in [0.29, 0.717) is 11.8 Å². The highest BCUT2D eigenvalue weighted by Gasteiger charge is 2.34. The minimum absolute atomic E-state index is 0.0322. The van der Waals surface area contributed by atoms with Gasteiger partial charge in [0, 0.05) is 26.9 Å². The molecule has 3 aromatic heterocycles. The van der Waals surface area contributed by atoms with Crippen LogP contribution < -0.4 is 0 Å². The van der Waals surface area contributed by atoms with Gasteiger partial charge in [-0.1, -0.05) is 0 Å². The molecule has 0 N–H and O–H groups in total. The maximum atomic E-state index is 6.01. The van der Waals surface area contributed by atoms with Crippen LogP contribution >= 0.6 is 0 Å². The molecule has 4 rings (SSSR count). The Labute approximate surface area is 139 Å². The molecule has 2 atom stereocenters. The van der Waals surface area contributed by atoms with Gasteiger partial charge in [-0.3, -0.25) is 9.36 Å². The molecule has 0 saturated carbocycles. The van der Waals surface area contributed by atoms with Crippen molar-refractivity contribution in [3.63, 3.8) is 0 Å². The summed E-state index contributed by atoms with van der Waals surface area (Å²) in [5.41, 5.74) is 2.76. The fourth-order valence-electron chi connectivity index (χ4n) is 3.29. The lowest BCUT2D eigenvalue weighted by Crippen LogP contribution is -2.23. The fourth-order valence-corrected chi connectivity index (χ4v) is 3.29. The standard InChI is InChI=1S/C16H20N6O2/c1-10-9-13(22(3)20-10)16-19-18-15(24-16)11-5-4-8-23-14(11)12-6-7-17-21(12)2/h6-7,9,11,14H,4-5,8H2,1-3H3/t11-,14-/m1/s1. The molecule has 0 amide bonds. The molecular weight excluding hydrogens is 308 g/mol. The first-order chi connectivity index (χ1) is 11.6. The summed E-state index contributed by atoms with van der Waals surface area (Å²) in [4.78, 5) is 0. The fraction of sp³-hybridized carbons (Fsp3) is 0.500. The highest BCUT2D eigenvalue weighted by Crippen LogP contribution is 2.40. The zero-order valence-electron chi connectivity index (χ0n) is 14.0. The van der Waals surface area contributed by atoms with E-state index in [-0.39, 0.29) is 12.0 Å². The average molecular weight is 328 g/mol. The Morgan fingerprint density at radius 3 is 2.79 bits per heavy atom. The third-order valence-electron chi connectivity index (χ3n) is 4.45. The van der Waals surface area contributed by atoms with Crippen LogP contribution in [0.1, 0.15) is 42.1 Å². The zero-order valence-corrected chi connectivity index (χ0v) is 14.0. The Kier molecular flexibility index (Phi) is 3.68. The molecule has 0 spiro atoms. The molecule has 8 heteroatoms. The van der Waals surface area contributed by atoms with E-state index in [1.165, 1.54) is 0 Å². The Morgan fingerprint density at radius 1 is 1.21 bits per heavy atom.